The zero-order valence-corrected chi connectivity index (χ0v) is 19.7. The zero-order valence-electron chi connectivity index (χ0n) is 18.9. The van der Waals surface area contributed by atoms with Crippen molar-refractivity contribution < 1.29 is 23.5 Å². The number of aromatic nitrogens is 5. The van der Waals surface area contributed by atoms with E-state index in [-0.39, 0.29) is 12.4 Å². The van der Waals surface area contributed by atoms with Crippen molar-refractivity contribution in [3.8, 4) is 22.6 Å². The molecule has 1 aromatic carbocycles. The van der Waals surface area contributed by atoms with E-state index in [0.29, 0.717) is 34.8 Å². The van der Waals surface area contributed by atoms with Crippen molar-refractivity contribution in [2.75, 3.05) is 11.4 Å². The van der Waals surface area contributed by atoms with Crippen LogP contribution < -0.4 is 10.2 Å². The normalized spacial score (nSPS) is 21.5. The maximum atomic E-state index is 15.0. The van der Waals surface area contributed by atoms with Gasteiger partial charge in [-0.3, -0.25) is 14.7 Å². The van der Waals surface area contributed by atoms with Crippen LogP contribution in [0.15, 0.2) is 36.5 Å². The Morgan fingerprint density at radius 3 is 2.74 bits per heavy atom. The fourth-order valence-electron chi connectivity index (χ4n) is 4.05. The Kier molecular flexibility index (Phi) is 6.94. The Balaban J connectivity index is 0.00000289. The molecule has 5 rings (SSSR count). The highest BCUT2D eigenvalue weighted by atomic mass is 35.5. The lowest BCUT2D eigenvalue weighted by atomic mass is 10.1. The van der Waals surface area contributed by atoms with E-state index in [0.717, 1.165) is 13.0 Å². The topological polar surface area (TPSA) is 124 Å². The van der Waals surface area contributed by atoms with Gasteiger partial charge in [0, 0.05) is 17.3 Å². The first-order valence-electron chi connectivity index (χ1n) is 10.8. The van der Waals surface area contributed by atoms with Crippen molar-refractivity contribution in [1.29, 1.82) is 0 Å². The average molecular weight is 504 g/mol. The standard InChI is InChI=1S/C22H22FN7O4.ClH/c1-12-21(33-20(31)18-4-3-9-24-18)34-22(32)30(12)14-6-7-15(16(23)10-14)13-5-8-17(25-11-13)19-26-28-29(2)27-19;/h5-8,10-12,18,21,24H,3-4,9H2,1-2H3;1H/t12-,18+,21?;/m1./s1. The summed E-state index contributed by atoms with van der Waals surface area (Å²) in [5, 5.41) is 14.8. The molecule has 184 valence electrons. The average Bonchev–Trinajstić information content (AvgIpc) is 3.56. The van der Waals surface area contributed by atoms with Crippen LogP contribution in [-0.2, 0) is 21.3 Å². The van der Waals surface area contributed by atoms with Gasteiger partial charge in [-0.05, 0) is 55.8 Å². The second kappa shape index (κ2) is 9.92. The van der Waals surface area contributed by atoms with E-state index in [1.54, 1.807) is 38.2 Å². The first-order valence-corrected chi connectivity index (χ1v) is 10.8. The quantitative estimate of drug-likeness (QED) is 0.523. The van der Waals surface area contributed by atoms with Crippen molar-refractivity contribution in [2.45, 2.75) is 38.1 Å². The maximum absolute atomic E-state index is 15.0. The molecule has 1 amide bonds. The van der Waals surface area contributed by atoms with Crippen LogP contribution in [-0.4, -0.2) is 62.2 Å². The number of halogens is 2. The fraction of sp³-hybridized carbons (Fsp3) is 0.364. The summed E-state index contributed by atoms with van der Waals surface area (Å²) in [6.45, 7) is 2.42. The number of anilines is 1. The number of nitrogens with one attached hydrogen (secondary N) is 1. The molecule has 0 aliphatic carbocycles. The van der Waals surface area contributed by atoms with Gasteiger partial charge in [-0.25, -0.2) is 9.18 Å². The van der Waals surface area contributed by atoms with Crippen LogP contribution in [0.2, 0.25) is 0 Å². The lowest BCUT2D eigenvalue weighted by molar-refractivity contribution is -0.167. The van der Waals surface area contributed by atoms with E-state index in [2.05, 4.69) is 25.7 Å². The predicted molar refractivity (Wildman–Crippen MR) is 124 cm³/mol. The maximum Gasteiger partial charge on any atom is 0.417 e. The molecule has 13 heteroatoms. The summed E-state index contributed by atoms with van der Waals surface area (Å²) in [6, 6.07) is 6.77. The molecular weight excluding hydrogens is 481 g/mol. The molecule has 11 nitrogen and oxygen atoms in total. The minimum absolute atomic E-state index is 0. The van der Waals surface area contributed by atoms with Gasteiger partial charge in [0.25, 0.3) is 6.29 Å². The van der Waals surface area contributed by atoms with Crippen LogP contribution in [0.1, 0.15) is 19.8 Å². The highest BCUT2D eigenvalue weighted by molar-refractivity contribution is 5.91. The number of nitrogens with zero attached hydrogens (tertiary/aromatic N) is 6. The Bertz CT molecular complexity index is 1230. The van der Waals surface area contributed by atoms with Gasteiger partial charge in [0.1, 0.15) is 23.6 Å². The number of esters is 1. The molecule has 4 heterocycles. The summed E-state index contributed by atoms with van der Waals surface area (Å²) in [5.41, 5.74) is 1.66. The number of rotatable bonds is 5. The number of aryl methyl sites for hydroxylation is 1. The number of tetrazole rings is 1. The van der Waals surface area contributed by atoms with Crippen molar-refractivity contribution in [2.24, 2.45) is 7.05 Å². The highest BCUT2D eigenvalue weighted by Gasteiger charge is 2.43. The molecule has 1 unspecified atom stereocenters. The molecule has 2 aromatic heterocycles. The second-order valence-corrected chi connectivity index (χ2v) is 8.15. The second-order valence-electron chi connectivity index (χ2n) is 8.15. The van der Waals surface area contributed by atoms with Crippen LogP contribution in [0.3, 0.4) is 0 Å². The largest absolute Gasteiger partial charge is 0.422 e. The minimum Gasteiger partial charge on any atom is -0.422 e. The SMILES string of the molecule is C[C@@H]1C(OC(=O)[C@@H]2CCCN2)OC(=O)N1c1ccc(-c2ccc(-c3nnn(C)n3)nc2)c(F)c1.Cl. The van der Waals surface area contributed by atoms with Crippen molar-refractivity contribution in [3.63, 3.8) is 0 Å². The smallest absolute Gasteiger partial charge is 0.417 e. The third-order valence-corrected chi connectivity index (χ3v) is 5.83. The molecule has 2 aliphatic heterocycles. The van der Waals surface area contributed by atoms with Crippen molar-refractivity contribution >= 4 is 30.2 Å². The van der Waals surface area contributed by atoms with E-state index < -0.39 is 36.3 Å². The summed E-state index contributed by atoms with van der Waals surface area (Å²) >= 11 is 0. The van der Waals surface area contributed by atoms with Gasteiger partial charge in [-0.15, -0.1) is 22.6 Å². The summed E-state index contributed by atoms with van der Waals surface area (Å²) in [6.07, 6.45) is 1.29. The lowest BCUT2D eigenvalue weighted by Gasteiger charge is -2.21. The molecule has 2 aliphatic rings. The molecule has 0 bridgehead atoms. The third-order valence-electron chi connectivity index (χ3n) is 5.83. The van der Waals surface area contributed by atoms with Gasteiger partial charge in [0.15, 0.2) is 0 Å². The lowest BCUT2D eigenvalue weighted by Crippen LogP contribution is -2.40. The predicted octanol–water partition coefficient (Wildman–Crippen LogP) is 2.47. The Morgan fingerprint density at radius 2 is 2.11 bits per heavy atom. The van der Waals surface area contributed by atoms with Crippen LogP contribution >= 0.6 is 12.4 Å². The number of hydrogen-bond donors (Lipinski definition) is 1. The summed E-state index contributed by atoms with van der Waals surface area (Å²) in [4.78, 5) is 31.7. The fourth-order valence-corrected chi connectivity index (χ4v) is 4.05. The molecule has 3 aromatic rings. The van der Waals surface area contributed by atoms with Gasteiger partial charge in [-0.1, -0.05) is 6.07 Å². The molecule has 0 spiro atoms. The van der Waals surface area contributed by atoms with E-state index >= 15 is 4.39 Å². The number of hydrogen-bond acceptors (Lipinski definition) is 9. The molecule has 1 N–H and O–H groups in total. The highest BCUT2D eigenvalue weighted by Crippen LogP contribution is 2.32. The Hall–Kier alpha value is -3.64. The summed E-state index contributed by atoms with van der Waals surface area (Å²) in [7, 11) is 1.65. The number of carbonyl (C=O) groups is 2. The molecule has 2 saturated heterocycles. The third kappa shape index (κ3) is 4.80. The monoisotopic (exact) mass is 503 g/mol. The molecule has 35 heavy (non-hydrogen) atoms. The van der Waals surface area contributed by atoms with E-state index in [1.807, 2.05) is 0 Å². The number of cyclic esters (lactones) is 1. The first-order chi connectivity index (χ1) is 16.4. The Morgan fingerprint density at radius 1 is 1.29 bits per heavy atom. The molecular formula is C22H23ClFN7O4. The number of ether oxygens (including phenoxy) is 2. The number of amides is 1. The first kappa shape index (κ1) is 24.5. The number of benzene rings is 1. The van der Waals surface area contributed by atoms with Crippen LogP contribution in [0.5, 0.6) is 0 Å². The summed E-state index contributed by atoms with van der Waals surface area (Å²) < 4.78 is 25.7. The van der Waals surface area contributed by atoms with Gasteiger partial charge in [0.2, 0.25) is 5.82 Å². The van der Waals surface area contributed by atoms with E-state index in [4.69, 9.17) is 9.47 Å². The van der Waals surface area contributed by atoms with Gasteiger partial charge in [0.05, 0.1) is 12.7 Å². The van der Waals surface area contributed by atoms with Crippen LogP contribution in [0.4, 0.5) is 14.9 Å². The zero-order chi connectivity index (χ0) is 23.8. The molecule has 0 saturated carbocycles. The Labute approximate surface area is 206 Å². The van der Waals surface area contributed by atoms with Crippen molar-refractivity contribution in [3.05, 3.63) is 42.3 Å². The van der Waals surface area contributed by atoms with E-state index in [9.17, 15) is 9.59 Å². The minimum atomic E-state index is -1.07. The number of pyridine rings is 1. The van der Waals surface area contributed by atoms with Crippen molar-refractivity contribution in [1.82, 2.24) is 30.5 Å². The van der Waals surface area contributed by atoms with Crippen LogP contribution in [0, 0.1) is 5.82 Å². The molecule has 3 atom stereocenters. The molecule has 0 radical (unpaired) electrons. The van der Waals surface area contributed by atoms with Crippen LogP contribution in [0.25, 0.3) is 22.6 Å². The van der Waals surface area contributed by atoms with E-state index in [1.165, 1.54) is 22.0 Å². The van der Waals surface area contributed by atoms with Gasteiger partial charge in [-0.2, -0.15) is 4.80 Å². The van der Waals surface area contributed by atoms with Gasteiger partial charge >= 0.3 is 12.1 Å². The van der Waals surface area contributed by atoms with Gasteiger partial charge < -0.3 is 14.8 Å². The summed E-state index contributed by atoms with van der Waals surface area (Å²) in [5.74, 6) is -0.635. The number of carbonyl (C=O) groups excluding carboxylic acids is 2. The molecule has 2 fully saturated rings.